The molecule has 0 unspecified atom stereocenters. The van der Waals surface area contributed by atoms with E-state index >= 15 is 0 Å². The average Bonchev–Trinajstić information content (AvgIpc) is 2.97. The van der Waals surface area contributed by atoms with Crippen molar-refractivity contribution in [3.63, 3.8) is 0 Å². The molecule has 16 heavy (non-hydrogen) atoms. The summed E-state index contributed by atoms with van der Waals surface area (Å²) >= 11 is 0. The summed E-state index contributed by atoms with van der Waals surface area (Å²) in [5.41, 5.74) is -0.175. The van der Waals surface area contributed by atoms with Gasteiger partial charge in [0.05, 0.1) is 11.6 Å². The molecule has 0 radical (unpaired) electrons. The number of hydrogen-bond acceptors (Lipinski definition) is 3. The first-order chi connectivity index (χ1) is 7.62. The SMILES string of the molecule is Cc1ncc(F)c(N2CCC3(CC3)C2=O)n1. The van der Waals surface area contributed by atoms with E-state index in [1.54, 1.807) is 6.92 Å². The minimum Gasteiger partial charge on any atom is -0.294 e. The lowest BCUT2D eigenvalue weighted by Gasteiger charge is -2.16. The quantitative estimate of drug-likeness (QED) is 0.720. The van der Waals surface area contributed by atoms with Gasteiger partial charge in [-0.3, -0.25) is 9.69 Å². The number of carbonyl (C=O) groups is 1. The van der Waals surface area contributed by atoms with Crippen LogP contribution in [0, 0.1) is 18.2 Å². The third kappa shape index (κ3) is 1.24. The van der Waals surface area contributed by atoms with Gasteiger partial charge in [-0.2, -0.15) is 0 Å². The molecule has 2 fully saturated rings. The maximum atomic E-state index is 13.5. The number of rotatable bonds is 1. The van der Waals surface area contributed by atoms with Crippen LogP contribution >= 0.6 is 0 Å². The Bertz CT molecular complexity index is 470. The van der Waals surface area contributed by atoms with Gasteiger partial charge >= 0.3 is 0 Å². The average molecular weight is 221 g/mol. The first-order valence-corrected chi connectivity index (χ1v) is 5.43. The monoisotopic (exact) mass is 221 g/mol. The Balaban J connectivity index is 1.98. The normalized spacial score (nSPS) is 21.9. The number of aromatic nitrogens is 2. The molecule has 1 saturated heterocycles. The minimum atomic E-state index is -0.517. The highest BCUT2D eigenvalue weighted by Crippen LogP contribution is 2.54. The molecule has 1 aliphatic heterocycles. The fourth-order valence-electron chi connectivity index (χ4n) is 2.27. The first-order valence-electron chi connectivity index (χ1n) is 5.43. The fraction of sp³-hybridized carbons (Fsp3) is 0.545. The Morgan fingerprint density at radius 1 is 1.44 bits per heavy atom. The van der Waals surface area contributed by atoms with Crippen molar-refractivity contribution in [2.75, 3.05) is 11.4 Å². The van der Waals surface area contributed by atoms with Crippen molar-refractivity contribution >= 4 is 11.7 Å². The number of halogens is 1. The Kier molecular flexibility index (Phi) is 1.81. The second-order valence-electron chi connectivity index (χ2n) is 4.58. The zero-order valence-corrected chi connectivity index (χ0v) is 9.03. The van der Waals surface area contributed by atoms with Gasteiger partial charge in [-0.05, 0) is 26.2 Å². The van der Waals surface area contributed by atoms with E-state index in [0.29, 0.717) is 12.4 Å². The molecule has 0 atom stereocenters. The van der Waals surface area contributed by atoms with E-state index in [0.717, 1.165) is 25.5 Å². The van der Waals surface area contributed by atoms with Crippen molar-refractivity contribution in [1.29, 1.82) is 0 Å². The highest BCUT2D eigenvalue weighted by Gasteiger charge is 2.56. The lowest BCUT2D eigenvalue weighted by Crippen LogP contribution is -2.29. The standard InChI is InChI=1S/C11H12FN3O/c1-7-13-6-8(12)9(14-7)15-5-4-11(2-3-11)10(15)16/h6H,2-5H2,1H3. The van der Waals surface area contributed by atoms with E-state index < -0.39 is 5.82 Å². The Hall–Kier alpha value is -1.52. The van der Waals surface area contributed by atoms with E-state index in [1.165, 1.54) is 4.90 Å². The lowest BCUT2D eigenvalue weighted by atomic mass is 10.1. The van der Waals surface area contributed by atoms with Crippen LogP contribution in [0.2, 0.25) is 0 Å². The van der Waals surface area contributed by atoms with Crippen molar-refractivity contribution in [1.82, 2.24) is 9.97 Å². The lowest BCUT2D eigenvalue weighted by molar-refractivity contribution is -0.121. The van der Waals surface area contributed by atoms with Gasteiger partial charge in [-0.1, -0.05) is 0 Å². The van der Waals surface area contributed by atoms with Gasteiger partial charge in [0.2, 0.25) is 5.91 Å². The third-order valence-electron chi connectivity index (χ3n) is 3.47. The van der Waals surface area contributed by atoms with Crippen LogP contribution in [0.4, 0.5) is 10.2 Å². The molecule has 1 amide bonds. The Morgan fingerprint density at radius 2 is 2.19 bits per heavy atom. The molecule has 1 saturated carbocycles. The van der Waals surface area contributed by atoms with Crippen molar-refractivity contribution in [3.8, 4) is 0 Å². The number of nitrogens with zero attached hydrogens (tertiary/aromatic N) is 3. The van der Waals surface area contributed by atoms with E-state index in [2.05, 4.69) is 9.97 Å². The predicted molar refractivity (Wildman–Crippen MR) is 55.4 cm³/mol. The van der Waals surface area contributed by atoms with E-state index in [1.807, 2.05) is 0 Å². The van der Waals surface area contributed by atoms with Crippen molar-refractivity contribution in [2.24, 2.45) is 5.41 Å². The molecule has 1 spiro atoms. The Morgan fingerprint density at radius 3 is 2.81 bits per heavy atom. The van der Waals surface area contributed by atoms with Gasteiger partial charge in [0.15, 0.2) is 11.6 Å². The molecule has 1 aromatic rings. The number of carbonyl (C=O) groups excluding carboxylic acids is 1. The maximum Gasteiger partial charge on any atom is 0.234 e. The van der Waals surface area contributed by atoms with E-state index in [4.69, 9.17) is 0 Å². The summed E-state index contributed by atoms with van der Waals surface area (Å²) in [6, 6.07) is 0. The predicted octanol–water partition coefficient (Wildman–Crippen LogP) is 1.44. The summed E-state index contributed by atoms with van der Waals surface area (Å²) in [6.45, 7) is 2.27. The summed E-state index contributed by atoms with van der Waals surface area (Å²) in [6.07, 6.45) is 3.83. The first kappa shape index (κ1) is 9.69. The van der Waals surface area contributed by atoms with Crippen LogP contribution in [0.3, 0.4) is 0 Å². The largest absolute Gasteiger partial charge is 0.294 e. The van der Waals surface area contributed by atoms with Crippen molar-refractivity contribution < 1.29 is 9.18 Å². The molecule has 84 valence electrons. The van der Waals surface area contributed by atoms with Crippen LogP contribution in [0.15, 0.2) is 6.20 Å². The molecule has 5 heteroatoms. The number of amides is 1. The maximum absolute atomic E-state index is 13.5. The number of hydrogen-bond donors (Lipinski definition) is 0. The zero-order valence-electron chi connectivity index (χ0n) is 9.03. The summed E-state index contributed by atoms with van der Waals surface area (Å²) in [5.74, 6) is 0.142. The molecule has 1 aromatic heterocycles. The minimum absolute atomic E-state index is 0.0319. The molecule has 2 heterocycles. The molecule has 0 N–H and O–H groups in total. The topological polar surface area (TPSA) is 46.1 Å². The van der Waals surface area contributed by atoms with Crippen LogP contribution in [0.25, 0.3) is 0 Å². The van der Waals surface area contributed by atoms with E-state index in [9.17, 15) is 9.18 Å². The second kappa shape index (κ2) is 2.99. The molecule has 0 aromatic carbocycles. The molecular formula is C11H12FN3O. The van der Waals surface area contributed by atoms with Crippen molar-refractivity contribution in [3.05, 3.63) is 17.8 Å². The molecule has 3 rings (SSSR count). The summed E-state index contributed by atoms with van der Waals surface area (Å²) in [4.78, 5) is 21.3. The molecule has 1 aliphatic carbocycles. The Labute approximate surface area is 92.5 Å². The van der Waals surface area contributed by atoms with Gasteiger partial charge in [0, 0.05) is 6.54 Å². The van der Waals surface area contributed by atoms with Crippen molar-refractivity contribution in [2.45, 2.75) is 26.2 Å². The van der Waals surface area contributed by atoms with Gasteiger partial charge in [0.1, 0.15) is 5.82 Å². The van der Waals surface area contributed by atoms with Crippen LogP contribution in [0.5, 0.6) is 0 Å². The number of aryl methyl sites for hydroxylation is 1. The highest BCUT2D eigenvalue weighted by atomic mass is 19.1. The molecule has 4 nitrogen and oxygen atoms in total. The van der Waals surface area contributed by atoms with Crippen LogP contribution in [-0.4, -0.2) is 22.4 Å². The molecular weight excluding hydrogens is 209 g/mol. The van der Waals surface area contributed by atoms with Crippen LogP contribution in [-0.2, 0) is 4.79 Å². The molecule has 2 aliphatic rings. The second-order valence-corrected chi connectivity index (χ2v) is 4.58. The zero-order chi connectivity index (χ0) is 11.3. The van der Waals surface area contributed by atoms with Crippen LogP contribution in [0.1, 0.15) is 25.1 Å². The summed E-state index contributed by atoms with van der Waals surface area (Å²) in [7, 11) is 0. The van der Waals surface area contributed by atoms with Gasteiger partial charge in [0.25, 0.3) is 0 Å². The summed E-state index contributed by atoms with van der Waals surface area (Å²) < 4.78 is 13.5. The fourth-order valence-corrected chi connectivity index (χ4v) is 2.27. The van der Waals surface area contributed by atoms with Gasteiger partial charge in [-0.25, -0.2) is 14.4 Å². The third-order valence-corrected chi connectivity index (χ3v) is 3.47. The van der Waals surface area contributed by atoms with Gasteiger partial charge in [-0.15, -0.1) is 0 Å². The number of anilines is 1. The van der Waals surface area contributed by atoms with Gasteiger partial charge < -0.3 is 0 Å². The van der Waals surface area contributed by atoms with Crippen LogP contribution < -0.4 is 4.90 Å². The highest BCUT2D eigenvalue weighted by molar-refractivity contribution is 6.00. The summed E-state index contributed by atoms with van der Waals surface area (Å²) in [5, 5.41) is 0. The molecule has 0 bridgehead atoms. The smallest absolute Gasteiger partial charge is 0.234 e. The van der Waals surface area contributed by atoms with E-state index in [-0.39, 0.29) is 17.1 Å².